The molecule has 2 rings (SSSR count). The Morgan fingerprint density at radius 1 is 1.12 bits per heavy atom. The maximum atomic E-state index is 12.0. The highest BCUT2D eigenvalue weighted by Crippen LogP contribution is 2.20. The minimum Gasteiger partial charge on any atom is -0.380 e. The lowest BCUT2D eigenvalue weighted by atomic mass is 9.93. The topological polar surface area (TPSA) is 81.4 Å². The molecule has 16 heavy (non-hydrogen) atoms. The molecule has 1 aliphatic heterocycles. The quantitative estimate of drug-likeness (QED) is 0.734. The fraction of sp³-hybridized carbons (Fsp3) is 1.00. The third-order valence-electron chi connectivity index (χ3n) is 3.43. The molecule has 0 spiro atoms. The van der Waals surface area contributed by atoms with Gasteiger partial charge in [-0.15, -0.1) is 0 Å². The van der Waals surface area contributed by atoms with Gasteiger partial charge in [-0.25, -0.2) is 13.1 Å². The van der Waals surface area contributed by atoms with Crippen LogP contribution in [0.5, 0.6) is 0 Å². The molecule has 1 aliphatic carbocycles. The number of hydrogen-bond acceptors (Lipinski definition) is 4. The van der Waals surface area contributed by atoms with Crippen molar-refractivity contribution in [1.82, 2.24) is 4.72 Å². The molecule has 1 saturated carbocycles. The summed E-state index contributed by atoms with van der Waals surface area (Å²) in [5, 5.41) is -0.358. The van der Waals surface area contributed by atoms with Crippen LogP contribution in [0.3, 0.4) is 0 Å². The van der Waals surface area contributed by atoms with Crippen molar-refractivity contribution in [2.45, 2.75) is 49.4 Å². The molecule has 0 bridgehead atoms. The SMILES string of the molecule is N[C@H]1CC[C@H](NS(=O)(=O)C2CCOC2)CC1. The third kappa shape index (κ3) is 2.94. The Labute approximate surface area is 96.8 Å². The maximum Gasteiger partial charge on any atom is 0.217 e. The van der Waals surface area contributed by atoms with Gasteiger partial charge in [0, 0.05) is 18.7 Å². The first-order chi connectivity index (χ1) is 7.58. The van der Waals surface area contributed by atoms with Crippen LogP contribution in [0.15, 0.2) is 0 Å². The molecule has 3 N–H and O–H groups in total. The second kappa shape index (κ2) is 5.00. The standard InChI is InChI=1S/C10H20N2O3S/c11-8-1-3-9(4-2-8)12-16(13,14)10-5-6-15-7-10/h8-10,12H,1-7,11H2/t8-,9-,10?. The Balaban J connectivity index is 1.88. The average Bonchev–Trinajstić information content (AvgIpc) is 2.75. The second-order valence-electron chi connectivity index (χ2n) is 4.76. The summed E-state index contributed by atoms with van der Waals surface area (Å²) in [4.78, 5) is 0. The lowest BCUT2D eigenvalue weighted by Crippen LogP contribution is -2.44. The van der Waals surface area contributed by atoms with E-state index >= 15 is 0 Å². The molecule has 0 amide bonds. The summed E-state index contributed by atoms with van der Waals surface area (Å²) in [6.45, 7) is 0.892. The highest BCUT2D eigenvalue weighted by Gasteiger charge is 2.32. The van der Waals surface area contributed by atoms with Gasteiger partial charge in [0.2, 0.25) is 10.0 Å². The summed E-state index contributed by atoms with van der Waals surface area (Å²) in [5.41, 5.74) is 5.79. The molecule has 1 heterocycles. The molecule has 0 aromatic carbocycles. The molecule has 5 nitrogen and oxygen atoms in total. The summed E-state index contributed by atoms with van der Waals surface area (Å²) in [6, 6.07) is 0.320. The number of hydrogen-bond donors (Lipinski definition) is 2. The van der Waals surface area contributed by atoms with E-state index in [4.69, 9.17) is 10.5 Å². The van der Waals surface area contributed by atoms with Crippen LogP contribution >= 0.6 is 0 Å². The van der Waals surface area contributed by atoms with Crippen molar-refractivity contribution in [1.29, 1.82) is 0 Å². The predicted molar refractivity (Wildman–Crippen MR) is 61.5 cm³/mol. The molecule has 2 aliphatic rings. The van der Waals surface area contributed by atoms with Gasteiger partial charge in [0.1, 0.15) is 5.25 Å². The number of nitrogens with one attached hydrogen (secondary N) is 1. The summed E-state index contributed by atoms with van der Waals surface area (Å²) < 4.78 is 31.8. The summed E-state index contributed by atoms with van der Waals surface area (Å²) in [5.74, 6) is 0. The van der Waals surface area contributed by atoms with E-state index in [0.717, 1.165) is 25.7 Å². The lowest BCUT2D eigenvalue weighted by molar-refractivity contribution is 0.198. The molecule has 1 unspecified atom stereocenters. The van der Waals surface area contributed by atoms with Gasteiger partial charge in [-0.2, -0.15) is 0 Å². The van der Waals surface area contributed by atoms with E-state index in [9.17, 15) is 8.42 Å². The van der Waals surface area contributed by atoms with Gasteiger partial charge < -0.3 is 10.5 Å². The Kier molecular flexibility index (Phi) is 3.84. The van der Waals surface area contributed by atoms with Crippen molar-refractivity contribution in [3.63, 3.8) is 0 Å². The van der Waals surface area contributed by atoms with Crippen LogP contribution in [-0.2, 0) is 14.8 Å². The van der Waals surface area contributed by atoms with E-state index in [0.29, 0.717) is 19.6 Å². The highest BCUT2D eigenvalue weighted by atomic mass is 32.2. The van der Waals surface area contributed by atoms with Crippen LogP contribution in [0, 0.1) is 0 Å². The first kappa shape index (κ1) is 12.3. The Hall–Kier alpha value is -0.170. The van der Waals surface area contributed by atoms with Crippen LogP contribution in [-0.4, -0.2) is 39.0 Å². The number of rotatable bonds is 3. The predicted octanol–water partition coefficient (Wildman–Crippen LogP) is -0.0354. The van der Waals surface area contributed by atoms with Crippen LogP contribution in [0.1, 0.15) is 32.1 Å². The smallest absolute Gasteiger partial charge is 0.217 e. The average molecular weight is 248 g/mol. The minimum absolute atomic E-state index is 0.0744. The first-order valence-electron chi connectivity index (χ1n) is 5.92. The van der Waals surface area contributed by atoms with Gasteiger partial charge >= 0.3 is 0 Å². The third-order valence-corrected chi connectivity index (χ3v) is 5.34. The van der Waals surface area contributed by atoms with Crippen molar-refractivity contribution in [3.05, 3.63) is 0 Å². The summed E-state index contributed by atoms with van der Waals surface area (Å²) >= 11 is 0. The molecule has 0 aromatic heterocycles. The molecular formula is C10H20N2O3S. The zero-order valence-electron chi connectivity index (χ0n) is 9.39. The Morgan fingerprint density at radius 2 is 1.81 bits per heavy atom. The maximum absolute atomic E-state index is 12.0. The van der Waals surface area contributed by atoms with Crippen LogP contribution in [0.2, 0.25) is 0 Å². The summed E-state index contributed by atoms with van der Waals surface area (Å²) in [6.07, 6.45) is 4.15. The van der Waals surface area contributed by atoms with Gasteiger partial charge in [0.15, 0.2) is 0 Å². The van der Waals surface area contributed by atoms with Gasteiger partial charge in [-0.1, -0.05) is 0 Å². The van der Waals surface area contributed by atoms with Crippen LogP contribution in [0.4, 0.5) is 0 Å². The van der Waals surface area contributed by atoms with E-state index in [2.05, 4.69) is 4.72 Å². The molecule has 2 fully saturated rings. The van der Waals surface area contributed by atoms with Gasteiger partial charge in [-0.3, -0.25) is 0 Å². The van der Waals surface area contributed by atoms with Crippen molar-refractivity contribution >= 4 is 10.0 Å². The van der Waals surface area contributed by atoms with E-state index in [1.54, 1.807) is 0 Å². The van der Waals surface area contributed by atoms with E-state index in [1.807, 2.05) is 0 Å². The lowest BCUT2D eigenvalue weighted by Gasteiger charge is -2.27. The van der Waals surface area contributed by atoms with Gasteiger partial charge in [0.25, 0.3) is 0 Å². The zero-order chi connectivity index (χ0) is 11.6. The molecule has 1 saturated heterocycles. The minimum atomic E-state index is -3.19. The number of ether oxygens (including phenoxy) is 1. The van der Waals surface area contributed by atoms with Crippen LogP contribution < -0.4 is 10.5 Å². The van der Waals surface area contributed by atoms with Gasteiger partial charge in [-0.05, 0) is 32.1 Å². The summed E-state index contributed by atoms with van der Waals surface area (Å²) in [7, 11) is -3.19. The fourth-order valence-corrected chi connectivity index (χ4v) is 3.90. The second-order valence-corrected chi connectivity index (χ2v) is 6.75. The first-order valence-corrected chi connectivity index (χ1v) is 7.47. The number of nitrogens with two attached hydrogens (primary N) is 1. The van der Waals surface area contributed by atoms with E-state index in [-0.39, 0.29) is 17.3 Å². The zero-order valence-corrected chi connectivity index (χ0v) is 10.2. The van der Waals surface area contributed by atoms with Crippen molar-refractivity contribution < 1.29 is 13.2 Å². The Bertz CT molecular complexity index is 317. The highest BCUT2D eigenvalue weighted by molar-refractivity contribution is 7.90. The van der Waals surface area contributed by atoms with Crippen molar-refractivity contribution in [2.24, 2.45) is 5.73 Å². The molecule has 94 valence electrons. The largest absolute Gasteiger partial charge is 0.380 e. The molecule has 0 aromatic rings. The van der Waals surface area contributed by atoms with E-state index < -0.39 is 10.0 Å². The number of sulfonamides is 1. The van der Waals surface area contributed by atoms with E-state index in [1.165, 1.54) is 0 Å². The van der Waals surface area contributed by atoms with Crippen molar-refractivity contribution in [3.8, 4) is 0 Å². The van der Waals surface area contributed by atoms with Gasteiger partial charge in [0.05, 0.1) is 6.61 Å². The monoisotopic (exact) mass is 248 g/mol. The molecule has 6 heteroatoms. The Morgan fingerprint density at radius 3 is 2.38 bits per heavy atom. The molecule has 0 radical (unpaired) electrons. The fourth-order valence-electron chi connectivity index (χ4n) is 2.32. The van der Waals surface area contributed by atoms with Crippen LogP contribution in [0.25, 0.3) is 0 Å². The normalized spacial score (nSPS) is 36.4. The molecular weight excluding hydrogens is 228 g/mol. The van der Waals surface area contributed by atoms with Crippen molar-refractivity contribution in [2.75, 3.05) is 13.2 Å². The molecule has 1 atom stereocenters.